The third-order valence-corrected chi connectivity index (χ3v) is 8.44. The van der Waals surface area contributed by atoms with Crippen LogP contribution in [0.15, 0.2) is 66.7 Å². The van der Waals surface area contributed by atoms with Crippen LogP contribution in [-0.4, -0.2) is 44.8 Å². The summed E-state index contributed by atoms with van der Waals surface area (Å²) < 4.78 is 31.1. The van der Waals surface area contributed by atoms with Gasteiger partial charge in [-0.2, -0.15) is 5.26 Å². The second kappa shape index (κ2) is 12.2. The van der Waals surface area contributed by atoms with E-state index in [9.17, 15) is 18.5 Å². The van der Waals surface area contributed by atoms with Crippen molar-refractivity contribution in [3.8, 4) is 17.2 Å². The molecule has 1 N–H and O–H groups in total. The number of carbonyl (C=O) groups is 1. The van der Waals surface area contributed by atoms with Gasteiger partial charge in [0.1, 0.15) is 6.61 Å². The Morgan fingerprint density at radius 3 is 2.32 bits per heavy atom. The van der Waals surface area contributed by atoms with E-state index >= 15 is 0 Å². The predicted molar refractivity (Wildman–Crippen MR) is 150 cm³/mol. The van der Waals surface area contributed by atoms with Crippen LogP contribution < -0.4 is 5.32 Å². The van der Waals surface area contributed by atoms with Crippen LogP contribution in [0.25, 0.3) is 11.1 Å². The fraction of sp³-hybridized carbons (Fsp3) is 0.286. The molecule has 1 unspecified atom stereocenters. The quantitative estimate of drug-likeness (QED) is 0.347. The molecular formula is C28H27Cl2N3O4S. The van der Waals surface area contributed by atoms with Crippen molar-refractivity contribution >= 4 is 45.0 Å². The zero-order valence-corrected chi connectivity index (χ0v) is 23.1. The molecule has 1 amide bonds. The van der Waals surface area contributed by atoms with Crippen molar-refractivity contribution in [2.75, 3.05) is 31.3 Å². The van der Waals surface area contributed by atoms with Crippen molar-refractivity contribution in [2.24, 2.45) is 5.92 Å². The Bertz CT molecular complexity index is 1430. The number of hydrogen-bond acceptors (Lipinski definition) is 5. The molecule has 1 fully saturated rings. The van der Waals surface area contributed by atoms with E-state index in [1.165, 1.54) is 10.6 Å². The van der Waals surface area contributed by atoms with E-state index in [1.54, 1.807) is 24.3 Å². The number of benzene rings is 3. The van der Waals surface area contributed by atoms with Crippen LogP contribution in [0, 0.1) is 17.2 Å². The van der Waals surface area contributed by atoms with Crippen LogP contribution in [-0.2, 0) is 14.8 Å². The van der Waals surface area contributed by atoms with Gasteiger partial charge in [0.05, 0.1) is 17.9 Å². The molecule has 1 aliphatic heterocycles. The number of rotatable bonds is 7. The second-order valence-corrected chi connectivity index (χ2v) is 12.2. The van der Waals surface area contributed by atoms with Crippen molar-refractivity contribution in [1.82, 2.24) is 4.31 Å². The largest absolute Gasteiger partial charge is 0.449 e. The maximum absolute atomic E-state index is 12.6. The minimum atomic E-state index is -3.26. The highest BCUT2D eigenvalue weighted by Gasteiger charge is 2.31. The number of amides is 1. The Kier molecular flexibility index (Phi) is 8.95. The van der Waals surface area contributed by atoms with Crippen LogP contribution in [0.1, 0.15) is 29.9 Å². The van der Waals surface area contributed by atoms with E-state index < -0.39 is 16.1 Å². The Balaban J connectivity index is 1.51. The van der Waals surface area contributed by atoms with E-state index in [0.29, 0.717) is 47.2 Å². The van der Waals surface area contributed by atoms with Gasteiger partial charge in [0.15, 0.2) is 0 Å². The predicted octanol–water partition coefficient (Wildman–Crippen LogP) is 6.54. The van der Waals surface area contributed by atoms with E-state index in [2.05, 4.69) is 11.4 Å². The van der Waals surface area contributed by atoms with Gasteiger partial charge in [-0.25, -0.2) is 17.5 Å². The molecule has 3 aromatic rings. The van der Waals surface area contributed by atoms with E-state index in [1.807, 2.05) is 42.5 Å². The van der Waals surface area contributed by atoms with Gasteiger partial charge < -0.3 is 4.74 Å². The van der Waals surface area contributed by atoms with Crippen molar-refractivity contribution in [2.45, 2.75) is 18.8 Å². The lowest BCUT2D eigenvalue weighted by atomic mass is 9.80. The summed E-state index contributed by atoms with van der Waals surface area (Å²) >= 11 is 12.0. The zero-order chi connectivity index (χ0) is 27.3. The molecule has 0 aromatic heterocycles. The van der Waals surface area contributed by atoms with Crippen LogP contribution >= 0.6 is 23.2 Å². The molecule has 0 bridgehead atoms. The molecule has 1 atom stereocenters. The Morgan fingerprint density at radius 2 is 1.71 bits per heavy atom. The molecule has 198 valence electrons. The molecule has 38 heavy (non-hydrogen) atoms. The van der Waals surface area contributed by atoms with Gasteiger partial charge in [-0.1, -0.05) is 59.6 Å². The van der Waals surface area contributed by atoms with Gasteiger partial charge in [0.25, 0.3) is 0 Å². The molecule has 0 saturated carbocycles. The van der Waals surface area contributed by atoms with Crippen molar-refractivity contribution in [3.05, 3.63) is 87.9 Å². The summed E-state index contributed by atoms with van der Waals surface area (Å²) in [6, 6.07) is 22.2. The number of halogens is 2. The summed E-state index contributed by atoms with van der Waals surface area (Å²) in [6.07, 6.45) is 1.89. The molecule has 4 rings (SSSR count). The van der Waals surface area contributed by atoms with Crippen LogP contribution in [0.4, 0.5) is 10.5 Å². The molecule has 1 aliphatic rings. The van der Waals surface area contributed by atoms with Crippen molar-refractivity contribution in [3.63, 3.8) is 0 Å². The van der Waals surface area contributed by atoms with Gasteiger partial charge in [-0.3, -0.25) is 5.32 Å². The monoisotopic (exact) mass is 571 g/mol. The van der Waals surface area contributed by atoms with Gasteiger partial charge >= 0.3 is 6.09 Å². The number of nitriles is 1. The molecular weight excluding hydrogens is 545 g/mol. The van der Waals surface area contributed by atoms with Crippen LogP contribution in [0.5, 0.6) is 0 Å². The molecule has 0 aliphatic carbocycles. The fourth-order valence-corrected chi connectivity index (χ4v) is 6.15. The van der Waals surface area contributed by atoms with E-state index in [-0.39, 0.29) is 18.4 Å². The minimum absolute atomic E-state index is 0.118. The van der Waals surface area contributed by atoms with Gasteiger partial charge in [0, 0.05) is 34.7 Å². The molecule has 0 radical (unpaired) electrons. The van der Waals surface area contributed by atoms with Gasteiger partial charge in [0.2, 0.25) is 10.0 Å². The average molecular weight is 573 g/mol. The number of hydrogen-bond donors (Lipinski definition) is 1. The molecule has 0 spiro atoms. The highest BCUT2D eigenvalue weighted by Crippen LogP contribution is 2.35. The van der Waals surface area contributed by atoms with Gasteiger partial charge in [-0.15, -0.1) is 0 Å². The summed E-state index contributed by atoms with van der Waals surface area (Å²) in [7, 11) is -3.26. The third kappa shape index (κ3) is 7.27. The maximum atomic E-state index is 12.6. The summed E-state index contributed by atoms with van der Waals surface area (Å²) in [4.78, 5) is 12.6. The average Bonchev–Trinajstić information content (AvgIpc) is 2.88. The first-order valence-electron chi connectivity index (χ1n) is 12.1. The Labute approximate surface area is 233 Å². The number of piperidine rings is 1. The highest BCUT2D eigenvalue weighted by molar-refractivity contribution is 7.88. The lowest BCUT2D eigenvalue weighted by Crippen LogP contribution is -2.39. The third-order valence-electron chi connectivity index (χ3n) is 6.70. The molecule has 10 heteroatoms. The zero-order valence-electron chi connectivity index (χ0n) is 20.7. The summed E-state index contributed by atoms with van der Waals surface area (Å²) in [5.41, 5.74) is 3.90. The number of carbonyl (C=O) groups excluding carboxylic acids is 1. The smallest absolute Gasteiger partial charge is 0.411 e. The van der Waals surface area contributed by atoms with Gasteiger partial charge in [-0.05, 0) is 65.8 Å². The molecule has 1 saturated heterocycles. The number of ether oxygens (including phenoxy) is 1. The van der Waals surface area contributed by atoms with Crippen molar-refractivity contribution < 1.29 is 17.9 Å². The Hall–Kier alpha value is -3.09. The summed E-state index contributed by atoms with van der Waals surface area (Å²) in [5, 5.41) is 12.7. The number of nitrogens with zero attached hydrogens (tertiary/aromatic N) is 2. The highest BCUT2D eigenvalue weighted by atomic mass is 35.5. The standard InChI is InChI=1S/C28H27Cl2N3O4S/c1-38(35,36)33-11-9-22(10-12-33)27(18-37-28(34)32-26-15-24(29)14-25(30)16-26)21-7-5-20(6-8-21)23-4-2-3-19(13-23)17-31/h2-8,13-16,22,27H,9-12,18H2,1H3,(H,32,34). The lowest BCUT2D eigenvalue weighted by molar-refractivity contribution is 0.131. The number of sulfonamides is 1. The van der Waals surface area contributed by atoms with E-state index in [0.717, 1.165) is 16.7 Å². The fourth-order valence-electron chi connectivity index (χ4n) is 4.75. The number of nitrogens with one attached hydrogen (secondary N) is 1. The molecule has 3 aromatic carbocycles. The minimum Gasteiger partial charge on any atom is -0.449 e. The first-order chi connectivity index (χ1) is 18.1. The Morgan fingerprint density at radius 1 is 1.05 bits per heavy atom. The molecule has 1 heterocycles. The normalized spacial score (nSPS) is 15.4. The maximum Gasteiger partial charge on any atom is 0.411 e. The van der Waals surface area contributed by atoms with E-state index in [4.69, 9.17) is 27.9 Å². The lowest BCUT2D eigenvalue weighted by Gasteiger charge is -2.35. The summed E-state index contributed by atoms with van der Waals surface area (Å²) in [6.45, 7) is 0.964. The first kappa shape index (κ1) is 27.9. The van der Waals surface area contributed by atoms with Crippen molar-refractivity contribution in [1.29, 1.82) is 5.26 Å². The number of anilines is 1. The topological polar surface area (TPSA) is 99.5 Å². The van der Waals surface area contributed by atoms with Crippen LogP contribution in [0.3, 0.4) is 0 Å². The summed E-state index contributed by atoms with van der Waals surface area (Å²) in [5.74, 6) is -0.0147. The second-order valence-electron chi connectivity index (χ2n) is 9.30. The first-order valence-corrected chi connectivity index (χ1v) is 14.7. The van der Waals surface area contributed by atoms with Crippen LogP contribution in [0.2, 0.25) is 10.0 Å². The molecule has 7 nitrogen and oxygen atoms in total. The SMILES string of the molecule is CS(=O)(=O)N1CCC(C(COC(=O)Nc2cc(Cl)cc(Cl)c2)c2ccc(-c3cccc(C#N)c3)cc2)CC1.